The van der Waals surface area contributed by atoms with Gasteiger partial charge in [-0.05, 0) is 54.9 Å². The summed E-state index contributed by atoms with van der Waals surface area (Å²) in [6.45, 7) is 3.20. The molecule has 2 aromatic rings. The number of nitrogens with one attached hydrogen (secondary N) is 1. The van der Waals surface area contributed by atoms with Crippen LogP contribution in [0.2, 0.25) is 0 Å². The Balaban J connectivity index is 1.57. The van der Waals surface area contributed by atoms with Crippen molar-refractivity contribution in [1.82, 2.24) is 15.2 Å². The number of nitrogens with zero attached hydrogens (tertiary/aromatic N) is 2. The Labute approximate surface area is 172 Å². The molecule has 1 aromatic heterocycles. The van der Waals surface area contributed by atoms with Crippen LogP contribution in [0.15, 0.2) is 48.8 Å². The molecule has 1 aliphatic heterocycles. The maximum atomic E-state index is 13.2. The molecule has 0 unspecified atom stereocenters. The lowest BCUT2D eigenvalue weighted by Gasteiger charge is -2.29. The van der Waals surface area contributed by atoms with Crippen molar-refractivity contribution >= 4 is 11.8 Å². The normalized spacial score (nSPS) is 21.2. The van der Waals surface area contributed by atoms with Crippen LogP contribution in [0.3, 0.4) is 0 Å². The van der Waals surface area contributed by atoms with E-state index in [0.29, 0.717) is 32.0 Å². The van der Waals surface area contributed by atoms with Gasteiger partial charge in [0.25, 0.3) is 0 Å². The van der Waals surface area contributed by atoms with Gasteiger partial charge in [-0.25, -0.2) is 0 Å². The van der Waals surface area contributed by atoms with Crippen molar-refractivity contribution in [3.05, 3.63) is 54.4 Å². The van der Waals surface area contributed by atoms with Crippen LogP contribution >= 0.6 is 0 Å². The van der Waals surface area contributed by atoms with Crippen molar-refractivity contribution in [3.8, 4) is 11.1 Å². The van der Waals surface area contributed by atoms with Gasteiger partial charge in [-0.15, -0.1) is 0 Å². The molecule has 2 amide bonds. The summed E-state index contributed by atoms with van der Waals surface area (Å²) in [5, 5.41) is 3.21. The minimum atomic E-state index is -0.542. The predicted molar refractivity (Wildman–Crippen MR) is 113 cm³/mol. The van der Waals surface area contributed by atoms with Gasteiger partial charge in [-0.3, -0.25) is 14.6 Å². The molecule has 0 spiro atoms. The average molecular weight is 392 g/mol. The number of rotatable bonds is 7. The van der Waals surface area contributed by atoms with E-state index in [2.05, 4.69) is 28.5 Å². The monoisotopic (exact) mass is 391 g/mol. The van der Waals surface area contributed by atoms with Gasteiger partial charge in [-0.2, -0.15) is 0 Å². The number of amides is 2. The third kappa shape index (κ3) is 4.50. The van der Waals surface area contributed by atoms with Gasteiger partial charge in [-0.1, -0.05) is 37.3 Å². The number of aromatic nitrogens is 1. The van der Waals surface area contributed by atoms with Crippen molar-refractivity contribution in [2.24, 2.45) is 5.41 Å². The Morgan fingerprint density at radius 2 is 2.03 bits per heavy atom. The second-order valence-corrected chi connectivity index (χ2v) is 8.46. The predicted octanol–water partition coefficient (Wildman–Crippen LogP) is 3.59. The zero-order valence-electron chi connectivity index (χ0n) is 17.1. The summed E-state index contributed by atoms with van der Waals surface area (Å²) in [6.07, 6.45) is 8.52. The molecule has 1 aromatic carbocycles. The van der Waals surface area contributed by atoms with Gasteiger partial charge in [0.2, 0.25) is 11.8 Å². The smallest absolute Gasteiger partial charge is 0.228 e. The molecule has 0 bridgehead atoms. The highest BCUT2D eigenvalue weighted by molar-refractivity contribution is 5.86. The first-order chi connectivity index (χ1) is 14.1. The SMILES string of the molecule is CCCC(=O)N1CC[C@](Cc2cccc(-c3cccnc3)c2)(C(=O)NC2CC2)C1. The van der Waals surface area contributed by atoms with Gasteiger partial charge in [0.1, 0.15) is 0 Å². The first-order valence-corrected chi connectivity index (χ1v) is 10.7. The molecule has 1 aliphatic carbocycles. The van der Waals surface area contributed by atoms with Gasteiger partial charge in [0, 0.05) is 37.9 Å². The Morgan fingerprint density at radius 3 is 2.76 bits per heavy atom. The van der Waals surface area contributed by atoms with Crippen LogP contribution < -0.4 is 5.32 Å². The van der Waals surface area contributed by atoms with E-state index in [1.54, 1.807) is 6.20 Å². The Morgan fingerprint density at radius 1 is 1.21 bits per heavy atom. The first-order valence-electron chi connectivity index (χ1n) is 10.7. The van der Waals surface area contributed by atoms with Crippen LogP contribution in [-0.2, 0) is 16.0 Å². The van der Waals surface area contributed by atoms with Crippen LogP contribution in [0.5, 0.6) is 0 Å². The molecule has 1 N–H and O–H groups in total. The molecule has 2 heterocycles. The van der Waals surface area contributed by atoms with E-state index >= 15 is 0 Å². The van der Waals surface area contributed by atoms with Gasteiger partial charge in [0.05, 0.1) is 5.41 Å². The minimum Gasteiger partial charge on any atom is -0.353 e. The number of hydrogen-bond acceptors (Lipinski definition) is 3. The number of benzene rings is 1. The number of likely N-dealkylation sites (tertiary alicyclic amines) is 1. The van der Waals surface area contributed by atoms with E-state index in [1.807, 2.05) is 36.2 Å². The molecule has 152 valence electrons. The zero-order valence-corrected chi connectivity index (χ0v) is 17.1. The van der Waals surface area contributed by atoms with Crippen LogP contribution in [0.1, 0.15) is 44.6 Å². The largest absolute Gasteiger partial charge is 0.353 e. The van der Waals surface area contributed by atoms with Gasteiger partial charge in [0.15, 0.2) is 0 Å². The fourth-order valence-corrected chi connectivity index (χ4v) is 4.22. The highest BCUT2D eigenvalue weighted by Crippen LogP contribution is 2.37. The Hall–Kier alpha value is -2.69. The second-order valence-electron chi connectivity index (χ2n) is 8.46. The quantitative estimate of drug-likeness (QED) is 0.785. The van der Waals surface area contributed by atoms with Crippen LogP contribution in [-0.4, -0.2) is 40.8 Å². The van der Waals surface area contributed by atoms with E-state index < -0.39 is 5.41 Å². The average Bonchev–Trinajstić information content (AvgIpc) is 3.45. The van der Waals surface area contributed by atoms with E-state index in [4.69, 9.17) is 0 Å². The lowest BCUT2D eigenvalue weighted by Crippen LogP contribution is -2.46. The van der Waals surface area contributed by atoms with Gasteiger partial charge < -0.3 is 10.2 Å². The van der Waals surface area contributed by atoms with Crippen molar-refractivity contribution in [3.63, 3.8) is 0 Å². The van der Waals surface area contributed by atoms with Gasteiger partial charge >= 0.3 is 0 Å². The third-order valence-electron chi connectivity index (χ3n) is 6.03. The minimum absolute atomic E-state index is 0.110. The summed E-state index contributed by atoms with van der Waals surface area (Å²) in [5.74, 6) is 0.274. The standard InChI is InChI=1S/C24H29N3O2/c1-2-5-22(28)27-13-11-24(17-27,23(29)26-21-9-10-21)15-18-6-3-7-19(14-18)20-8-4-12-25-16-20/h3-4,6-8,12,14,16,21H,2,5,9-11,13,15,17H2,1H3,(H,26,29)/t24-/m1/s1. The lowest BCUT2D eigenvalue weighted by atomic mass is 9.79. The van der Waals surface area contributed by atoms with E-state index in [-0.39, 0.29) is 11.8 Å². The summed E-state index contributed by atoms with van der Waals surface area (Å²) >= 11 is 0. The first kappa shape index (κ1) is 19.6. The summed E-state index contributed by atoms with van der Waals surface area (Å²) in [5.41, 5.74) is 2.75. The Kier molecular flexibility index (Phi) is 5.65. The number of carbonyl (C=O) groups excluding carboxylic acids is 2. The molecule has 5 nitrogen and oxygen atoms in total. The molecule has 4 rings (SSSR count). The van der Waals surface area contributed by atoms with E-state index in [1.165, 1.54) is 0 Å². The summed E-state index contributed by atoms with van der Waals surface area (Å²) < 4.78 is 0. The van der Waals surface area contributed by atoms with Crippen LogP contribution in [0, 0.1) is 5.41 Å². The summed E-state index contributed by atoms with van der Waals surface area (Å²) in [6, 6.07) is 12.6. The third-order valence-corrected chi connectivity index (χ3v) is 6.03. The molecule has 29 heavy (non-hydrogen) atoms. The number of pyridine rings is 1. The van der Waals surface area contributed by atoms with Crippen molar-refractivity contribution in [1.29, 1.82) is 0 Å². The second kappa shape index (κ2) is 8.36. The Bertz CT molecular complexity index is 879. The number of carbonyl (C=O) groups is 2. The van der Waals surface area contributed by atoms with Crippen molar-refractivity contribution in [2.45, 2.75) is 51.5 Å². The van der Waals surface area contributed by atoms with Crippen LogP contribution in [0.25, 0.3) is 11.1 Å². The summed E-state index contributed by atoms with van der Waals surface area (Å²) in [4.78, 5) is 31.8. The molecular weight excluding hydrogens is 362 g/mol. The molecule has 1 saturated heterocycles. The highest BCUT2D eigenvalue weighted by atomic mass is 16.2. The molecule has 0 radical (unpaired) electrons. The summed E-state index contributed by atoms with van der Waals surface area (Å²) in [7, 11) is 0. The van der Waals surface area contributed by atoms with E-state index in [9.17, 15) is 9.59 Å². The molecule has 2 aliphatic rings. The fraction of sp³-hybridized carbons (Fsp3) is 0.458. The molecule has 1 atom stereocenters. The number of hydrogen-bond donors (Lipinski definition) is 1. The maximum absolute atomic E-state index is 13.2. The maximum Gasteiger partial charge on any atom is 0.228 e. The molecular formula is C24H29N3O2. The van der Waals surface area contributed by atoms with Crippen molar-refractivity contribution < 1.29 is 9.59 Å². The lowest BCUT2D eigenvalue weighted by molar-refractivity contribution is -0.133. The fourth-order valence-electron chi connectivity index (χ4n) is 4.22. The van der Waals surface area contributed by atoms with Crippen LogP contribution in [0.4, 0.5) is 0 Å². The topological polar surface area (TPSA) is 62.3 Å². The molecule has 2 fully saturated rings. The molecule has 5 heteroatoms. The zero-order chi connectivity index (χ0) is 20.3. The van der Waals surface area contributed by atoms with Crippen molar-refractivity contribution in [2.75, 3.05) is 13.1 Å². The molecule has 1 saturated carbocycles. The van der Waals surface area contributed by atoms with E-state index in [0.717, 1.165) is 42.4 Å². The highest BCUT2D eigenvalue weighted by Gasteiger charge is 2.47.